The van der Waals surface area contributed by atoms with Crippen molar-refractivity contribution in [3.05, 3.63) is 76.9 Å². The Morgan fingerprint density at radius 1 is 0.960 bits per heavy atom. The highest BCUT2D eigenvalue weighted by Crippen LogP contribution is 2.23. The Morgan fingerprint density at radius 3 is 2.44 bits per heavy atom. The average Bonchev–Trinajstić information content (AvgIpc) is 2.62. The molecule has 0 heterocycles. The fourth-order valence-corrected chi connectivity index (χ4v) is 3.02. The molecule has 3 rings (SSSR count). The van der Waals surface area contributed by atoms with E-state index >= 15 is 0 Å². The Bertz CT molecular complexity index is 930. The molecule has 0 fully saturated rings. The van der Waals surface area contributed by atoms with Crippen molar-refractivity contribution >= 4 is 16.7 Å². The molecule has 0 bridgehead atoms. The van der Waals surface area contributed by atoms with Crippen LogP contribution < -0.4 is 4.74 Å². The number of rotatable bonds is 4. The molecule has 1 amide bonds. The summed E-state index contributed by atoms with van der Waals surface area (Å²) in [5.74, 6) is 0.901. The lowest BCUT2D eigenvalue weighted by molar-refractivity contribution is 0.0784. The van der Waals surface area contributed by atoms with Crippen LogP contribution in [0, 0.1) is 13.8 Å². The van der Waals surface area contributed by atoms with Crippen LogP contribution >= 0.6 is 0 Å². The van der Waals surface area contributed by atoms with E-state index in [1.165, 1.54) is 0 Å². The van der Waals surface area contributed by atoms with Gasteiger partial charge >= 0.3 is 0 Å². The predicted octanol–water partition coefficient (Wildman–Crippen LogP) is 4.74. The van der Waals surface area contributed by atoms with Gasteiger partial charge in [-0.05, 0) is 60.0 Å². The Kier molecular flexibility index (Phi) is 4.75. The van der Waals surface area contributed by atoms with Crippen LogP contribution in [-0.2, 0) is 6.54 Å². The van der Waals surface area contributed by atoms with Crippen LogP contribution in [0.1, 0.15) is 27.0 Å². The molecule has 0 aromatic heterocycles. The first-order valence-corrected chi connectivity index (χ1v) is 8.37. The minimum absolute atomic E-state index is 0.0519. The van der Waals surface area contributed by atoms with Gasteiger partial charge in [0.1, 0.15) is 5.75 Å². The molecule has 3 nitrogen and oxygen atoms in total. The van der Waals surface area contributed by atoms with Crippen LogP contribution in [0.5, 0.6) is 5.75 Å². The summed E-state index contributed by atoms with van der Waals surface area (Å²) in [5, 5.41) is 2.28. The number of fused-ring (bicyclic) bond motifs is 1. The molecule has 0 saturated heterocycles. The van der Waals surface area contributed by atoms with Crippen molar-refractivity contribution in [3.63, 3.8) is 0 Å². The van der Waals surface area contributed by atoms with Crippen molar-refractivity contribution < 1.29 is 9.53 Å². The van der Waals surface area contributed by atoms with Gasteiger partial charge in [0.25, 0.3) is 5.91 Å². The van der Waals surface area contributed by atoms with E-state index in [1.54, 1.807) is 12.0 Å². The first-order valence-electron chi connectivity index (χ1n) is 8.37. The fourth-order valence-electron chi connectivity index (χ4n) is 3.02. The summed E-state index contributed by atoms with van der Waals surface area (Å²) >= 11 is 0. The monoisotopic (exact) mass is 333 g/mol. The van der Waals surface area contributed by atoms with E-state index in [0.29, 0.717) is 6.54 Å². The number of hydrogen-bond acceptors (Lipinski definition) is 2. The summed E-state index contributed by atoms with van der Waals surface area (Å²) in [7, 11) is 3.52. The maximum absolute atomic E-state index is 12.8. The number of aryl methyl sites for hydroxylation is 2. The lowest BCUT2D eigenvalue weighted by Gasteiger charge is -2.19. The van der Waals surface area contributed by atoms with E-state index in [4.69, 9.17) is 4.74 Å². The van der Waals surface area contributed by atoms with Crippen molar-refractivity contribution in [2.75, 3.05) is 14.2 Å². The zero-order valence-electron chi connectivity index (χ0n) is 15.2. The summed E-state index contributed by atoms with van der Waals surface area (Å²) < 4.78 is 5.27. The molecule has 3 heteroatoms. The lowest BCUT2D eigenvalue weighted by atomic mass is 10.0. The summed E-state index contributed by atoms with van der Waals surface area (Å²) in [6, 6.07) is 18.3. The number of ether oxygens (including phenoxy) is 1. The number of carbonyl (C=O) groups is 1. The highest BCUT2D eigenvalue weighted by molar-refractivity contribution is 5.95. The Labute approximate surface area is 148 Å². The Morgan fingerprint density at radius 2 is 1.68 bits per heavy atom. The highest BCUT2D eigenvalue weighted by atomic mass is 16.5. The van der Waals surface area contributed by atoms with Gasteiger partial charge in [-0.25, -0.2) is 0 Å². The summed E-state index contributed by atoms with van der Waals surface area (Å²) in [6.45, 7) is 4.56. The molecular weight excluding hydrogens is 310 g/mol. The second-order valence-corrected chi connectivity index (χ2v) is 6.53. The molecular formula is C22H23NO2. The van der Waals surface area contributed by atoms with Crippen LogP contribution in [0.25, 0.3) is 10.8 Å². The first kappa shape index (κ1) is 17.0. The van der Waals surface area contributed by atoms with E-state index in [1.807, 2.05) is 57.3 Å². The Balaban J connectivity index is 1.82. The van der Waals surface area contributed by atoms with Gasteiger partial charge in [0.05, 0.1) is 7.11 Å². The van der Waals surface area contributed by atoms with E-state index in [9.17, 15) is 4.79 Å². The van der Waals surface area contributed by atoms with Crippen molar-refractivity contribution in [2.24, 2.45) is 0 Å². The number of hydrogen-bond donors (Lipinski definition) is 0. The number of benzene rings is 3. The molecule has 0 unspecified atom stereocenters. The third-order valence-corrected chi connectivity index (χ3v) is 4.50. The van der Waals surface area contributed by atoms with Gasteiger partial charge in [-0.1, -0.05) is 35.9 Å². The van der Waals surface area contributed by atoms with Crippen LogP contribution in [-0.4, -0.2) is 25.0 Å². The molecule has 0 atom stereocenters. The zero-order chi connectivity index (χ0) is 18.0. The predicted molar refractivity (Wildman–Crippen MR) is 102 cm³/mol. The molecule has 0 saturated carbocycles. The van der Waals surface area contributed by atoms with Crippen LogP contribution in [0.3, 0.4) is 0 Å². The molecule has 3 aromatic rings. The maximum atomic E-state index is 12.8. The smallest absolute Gasteiger partial charge is 0.254 e. The Hall–Kier alpha value is -2.81. The molecule has 0 N–H and O–H groups in total. The van der Waals surface area contributed by atoms with Crippen molar-refractivity contribution in [1.29, 1.82) is 0 Å². The van der Waals surface area contributed by atoms with Gasteiger partial charge in [0.15, 0.2) is 0 Å². The third kappa shape index (κ3) is 3.66. The quantitative estimate of drug-likeness (QED) is 0.690. The van der Waals surface area contributed by atoms with Gasteiger partial charge in [-0.15, -0.1) is 0 Å². The molecule has 25 heavy (non-hydrogen) atoms. The standard InChI is InChI=1S/C22H23NO2/c1-15-5-6-16(2)21(11-15)22(24)23(3)14-17-7-8-19-13-20(25-4)10-9-18(19)12-17/h5-13H,14H2,1-4H3. The largest absolute Gasteiger partial charge is 0.497 e. The SMILES string of the molecule is COc1ccc2cc(CN(C)C(=O)c3cc(C)ccc3C)ccc2c1. The van der Waals surface area contributed by atoms with Crippen molar-refractivity contribution in [1.82, 2.24) is 4.90 Å². The number of nitrogens with zero attached hydrogens (tertiary/aromatic N) is 1. The maximum Gasteiger partial charge on any atom is 0.254 e. The van der Waals surface area contributed by atoms with Gasteiger partial charge < -0.3 is 9.64 Å². The highest BCUT2D eigenvalue weighted by Gasteiger charge is 2.14. The van der Waals surface area contributed by atoms with Gasteiger partial charge in [-0.2, -0.15) is 0 Å². The minimum atomic E-state index is 0.0519. The topological polar surface area (TPSA) is 29.5 Å². The molecule has 0 aliphatic heterocycles. The van der Waals surface area contributed by atoms with E-state index < -0.39 is 0 Å². The summed E-state index contributed by atoms with van der Waals surface area (Å²) in [5.41, 5.74) is 3.99. The van der Waals surface area contributed by atoms with E-state index in [0.717, 1.165) is 38.8 Å². The number of carbonyl (C=O) groups excluding carboxylic acids is 1. The minimum Gasteiger partial charge on any atom is -0.497 e. The second-order valence-electron chi connectivity index (χ2n) is 6.53. The van der Waals surface area contributed by atoms with Gasteiger partial charge in [-0.3, -0.25) is 4.79 Å². The lowest BCUT2D eigenvalue weighted by Crippen LogP contribution is -2.26. The number of amides is 1. The van der Waals surface area contributed by atoms with Crippen molar-refractivity contribution in [3.8, 4) is 5.75 Å². The summed E-state index contributed by atoms with van der Waals surface area (Å²) in [6.07, 6.45) is 0. The van der Waals surface area contributed by atoms with E-state index in [-0.39, 0.29) is 5.91 Å². The number of methoxy groups -OCH3 is 1. The molecule has 128 valence electrons. The fraction of sp³-hybridized carbons (Fsp3) is 0.227. The molecule has 0 aliphatic carbocycles. The molecule has 0 spiro atoms. The second kappa shape index (κ2) is 6.98. The first-order chi connectivity index (χ1) is 12.0. The summed E-state index contributed by atoms with van der Waals surface area (Å²) in [4.78, 5) is 14.5. The van der Waals surface area contributed by atoms with Crippen LogP contribution in [0.4, 0.5) is 0 Å². The molecule has 0 radical (unpaired) electrons. The molecule has 3 aromatic carbocycles. The van der Waals surface area contributed by atoms with Crippen molar-refractivity contribution in [2.45, 2.75) is 20.4 Å². The normalized spacial score (nSPS) is 10.7. The third-order valence-electron chi connectivity index (χ3n) is 4.50. The van der Waals surface area contributed by atoms with Gasteiger partial charge in [0.2, 0.25) is 0 Å². The molecule has 0 aliphatic rings. The van der Waals surface area contributed by atoms with Crippen LogP contribution in [0.2, 0.25) is 0 Å². The van der Waals surface area contributed by atoms with E-state index in [2.05, 4.69) is 18.2 Å². The van der Waals surface area contributed by atoms with Gasteiger partial charge in [0, 0.05) is 19.2 Å². The zero-order valence-corrected chi connectivity index (χ0v) is 15.2. The van der Waals surface area contributed by atoms with Crippen LogP contribution in [0.15, 0.2) is 54.6 Å². The average molecular weight is 333 g/mol.